The SMILES string of the molecule is O=C(CSc1nnc(CNC(=O)c2ccc(Cl)cc2Cl)n1-c1ccc(F)cc1)Nc1nccs1. The minimum absolute atomic E-state index is 0.00797. The summed E-state index contributed by atoms with van der Waals surface area (Å²) in [6, 6.07) is 10.3. The van der Waals surface area contributed by atoms with Gasteiger partial charge in [0.05, 0.1) is 22.9 Å². The van der Waals surface area contributed by atoms with Crippen LogP contribution in [-0.2, 0) is 11.3 Å². The molecule has 0 spiro atoms. The predicted molar refractivity (Wildman–Crippen MR) is 130 cm³/mol. The number of hydrogen-bond acceptors (Lipinski definition) is 7. The van der Waals surface area contributed by atoms with Crippen LogP contribution in [0.15, 0.2) is 59.2 Å². The Kier molecular flexibility index (Phi) is 7.78. The van der Waals surface area contributed by atoms with E-state index in [-0.39, 0.29) is 28.8 Å². The van der Waals surface area contributed by atoms with Gasteiger partial charge in [0.2, 0.25) is 5.91 Å². The van der Waals surface area contributed by atoms with E-state index in [0.29, 0.717) is 26.8 Å². The highest BCUT2D eigenvalue weighted by atomic mass is 35.5. The number of carbonyl (C=O) groups excluding carboxylic acids is 2. The van der Waals surface area contributed by atoms with E-state index in [4.69, 9.17) is 23.2 Å². The first-order valence-corrected chi connectivity index (χ1v) is 12.3. The Labute approximate surface area is 211 Å². The zero-order chi connectivity index (χ0) is 24.1. The zero-order valence-corrected chi connectivity index (χ0v) is 20.3. The van der Waals surface area contributed by atoms with Gasteiger partial charge in [-0.3, -0.25) is 14.2 Å². The fourth-order valence-electron chi connectivity index (χ4n) is 2.86. The number of aromatic nitrogens is 4. The summed E-state index contributed by atoms with van der Waals surface area (Å²) in [5.74, 6) is -0.659. The number of amides is 2. The van der Waals surface area contributed by atoms with Crippen LogP contribution in [0.3, 0.4) is 0 Å². The van der Waals surface area contributed by atoms with Gasteiger partial charge >= 0.3 is 0 Å². The van der Waals surface area contributed by atoms with Crippen LogP contribution < -0.4 is 10.6 Å². The summed E-state index contributed by atoms with van der Waals surface area (Å²) in [6.45, 7) is 0.00797. The lowest BCUT2D eigenvalue weighted by atomic mass is 10.2. The monoisotopic (exact) mass is 536 g/mol. The highest BCUT2D eigenvalue weighted by molar-refractivity contribution is 7.99. The van der Waals surface area contributed by atoms with Crippen LogP contribution in [0.2, 0.25) is 10.0 Å². The standard InChI is InChI=1S/C21H15Cl2FN6O2S2/c22-12-1-6-15(16(23)9-12)19(32)26-10-17-28-29-21(30(17)14-4-2-13(24)3-5-14)34-11-18(31)27-20-25-7-8-33-20/h1-9H,10-11H2,(H,26,32)(H,25,27,31). The lowest BCUT2D eigenvalue weighted by molar-refractivity contribution is -0.113. The molecule has 2 aromatic carbocycles. The summed E-state index contributed by atoms with van der Waals surface area (Å²) in [6.07, 6.45) is 1.59. The quantitative estimate of drug-likeness (QED) is 0.312. The van der Waals surface area contributed by atoms with Gasteiger partial charge in [-0.05, 0) is 42.5 Å². The molecule has 2 N–H and O–H groups in total. The minimum atomic E-state index is -0.424. The summed E-state index contributed by atoms with van der Waals surface area (Å²) in [5.41, 5.74) is 0.829. The molecule has 0 saturated carbocycles. The first-order valence-electron chi connectivity index (χ1n) is 9.66. The topological polar surface area (TPSA) is 102 Å². The number of halogens is 3. The van der Waals surface area contributed by atoms with Crippen molar-refractivity contribution in [1.82, 2.24) is 25.1 Å². The van der Waals surface area contributed by atoms with Crippen molar-refractivity contribution in [3.05, 3.63) is 81.3 Å². The lowest BCUT2D eigenvalue weighted by Crippen LogP contribution is -2.25. The van der Waals surface area contributed by atoms with Crippen molar-refractivity contribution in [3.8, 4) is 5.69 Å². The summed E-state index contributed by atoms with van der Waals surface area (Å²) in [7, 11) is 0. The van der Waals surface area contributed by atoms with Gasteiger partial charge in [0.25, 0.3) is 5.91 Å². The normalized spacial score (nSPS) is 10.8. The van der Waals surface area contributed by atoms with Gasteiger partial charge in [0, 0.05) is 22.3 Å². The maximum atomic E-state index is 13.5. The number of thioether (sulfide) groups is 1. The van der Waals surface area contributed by atoms with Gasteiger partial charge in [-0.25, -0.2) is 9.37 Å². The molecule has 0 aliphatic rings. The molecule has 0 saturated heterocycles. The Bertz CT molecular complexity index is 1320. The van der Waals surface area contributed by atoms with E-state index >= 15 is 0 Å². The van der Waals surface area contributed by atoms with Crippen molar-refractivity contribution >= 4 is 63.2 Å². The van der Waals surface area contributed by atoms with Crippen molar-refractivity contribution < 1.29 is 14.0 Å². The molecule has 0 aliphatic carbocycles. The molecule has 2 amide bonds. The van der Waals surface area contributed by atoms with E-state index in [9.17, 15) is 14.0 Å². The Hall–Kier alpha value is -2.99. The summed E-state index contributed by atoms with van der Waals surface area (Å²) in [4.78, 5) is 28.9. The number of anilines is 1. The smallest absolute Gasteiger partial charge is 0.253 e. The summed E-state index contributed by atoms with van der Waals surface area (Å²) in [5, 5.41) is 17.0. The second-order valence-electron chi connectivity index (χ2n) is 6.69. The fourth-order valence-corrected chi connectivity index (χ4v) is 4.67. The third kappa shape index (κ3) is 5.92. The van der Waals surface area contributed by atoms with E-state index in [1.54, 1.807) is 34.3 Å². The molecule has 174 valence electrons. The largest absolute Gasteiger partial charge is 0.345 e. The van der Waals surface area contributed by atoms with Crippen LogP contribution in [0.4, 0.5) is 9.52 Å². The van der Waals surface area contributed by atoms with Crippen LogP contribution in [0.1, 0.15) is 16.2 Å². The number of nitrogens with one attached hydrogen (secondary N) is 2. The van der Waals surface area contributed by atoms with Gasteiger partial charge in [0.15, 0.2) is 16.1 Å². The number of benzene rings is 2. The van der Waals surface area contributed by atoms with Crippen LogP contribution in [0.25, 0.3) is 5.69 Å². The molecule has 0 aliphatic heterocycles. The summed E-state index contributed by atoms with van der Waals surface area (Å²) >= 11 is 14.5. The van der Waals surface area contributed by atoms with E-state index in [1.807, 2.05) is 0 Å². The molecule has 4 rings (SSSR count). The van der Waals surface area contributed by atoms with Crippen molar-refractivity contribution in [2.45, 2.75) is 11.7 Å². The second kappa shape index (κ2) is 11.0. The van der Waals surface area contributed by atoms with Crippen LogP contribution in [0.5, 0.6) is 0 Å². The molecular formula is C21H15Cl2FN6O2S2. The number of nitrogens with zero attached hydrogens (tertiary/aromatic N) is 4. The molecule has 0 fully saturated rings. The molecular weight excluding hydrogens is 522 g/mol. The molecule has 2 heterocycles. The fraction of sp³-hybridized carbons (Fsp3) is 0.0952. The van der Waals surface area contributed by atoms with Crippen molar-refractivity contribution in [3.63, 3.8) is 0 Å². The average molecular weight is 537 g/mol. The van der Waals surface area contributed by atoms with Gasteiger partial charge in [-0.1, -0.05) is 35.0 Å². The lowest BCUT2D eigenvalue weighted by Gasteiger charge is -2.11. The highest BCUT2D eigenvalue weighted by Crippen LogP contribution is 2.24. The van der Waals surface area contributed by atoms with Crippen LogP contribution >= 0.6 is 46.3 Å². The first-order chi connectivity index (χ1) is 16.4. The molecule has 0 radical (unpaired) electrons. The molecule has 0 unspecified atom stereocenters. The zero-order valence-electron chi connectivity index (χ0n) is 17.2. The predicted octanol–water partition coefficient (Wildman–Crippen LogP) is 4.83. The number of carbonyl (C=O) groups is 2. The van der Waals surface area contributed by atoms with Crippen molar-refractivity contribution in [1.29, 1.82) is 0 Å². The van der Waals surface area contributed by atoms with Gasteiger partial charge in [-0.2, -0.15) is 0 Å². The molecule has 8 nitrogen and oxygen atoms in total. The van der Waals surface area contributed by atoms with Gasteiger partial charge < -0.3 is 10.6 Å². The third-order valence-electron chi connectivity index (χ3n) is 4.38. The van der Waals surface area contributed by atoms with E-state index in [1.165, 1.54) is 35.6 Å². The van der Waals surface area contributed by atoms with Crippen LogP contribution in [0, 0.1) is 5.82 Å². The summed E-state index contributed by atoms with van der Waals surface area (Å²) < 4.78 is 15.1. The highest BCUT2D eigenvalue weighted by Gasteiger charge is 2.18. The first kappa shape index (κ1) is 24.1. The molecule has 2 aromatic heterocycles. The number of rotatable bonds is 8. The van der Waals surface area contributed by atoms with E-state index in [0.717, 1.165) is 11.8 Å². The van der Waals surface area contributed by atoms with Crippen LogP contribution in [-0.4, -0.2) is 37.3 Å². The Morgan fingerprint density at radius 3 is 2.62 bits per heavy atom. The molecule has 4 aromatic rings. The third-order valence-corrected chi connectivity index (χ3v) is 6.54. The Balaban J connectivity index is 1.52. The van der Waals surface area contributed by atoms with E-state index < -0.39 is 11.7 Å². The molecule has 13 heteroatoms. The molecule has 0 atom stereocenters. The molecule has 0 bridgehead atoms. The Morgan fingerprint density at radius 1 is 1.12 bits per heavy atom. The van der Waals surface area contributed by atoms with Crippen molar-refractivity contribution in [2.24, 2.45) is 0 Å². The van der Waals surface area contributed by atoms with E-state index in [2.05, 4.69) is 25.8 Å². The average Bonchev–Trinajstić information content (AvgIpc) is 3.46. The number of thiazole rings is 1. The minimum Gasteiger partial charge on any atom is -0.345 e. The maximum Gasteiger partial charge on any atom is 0.253 e. The van der Waals surface area contributed by atoms with Gasteiger partial charge in [-0.15, -0.1) is 21.5 Å². The Morgan fingerprint density at radius 2 is 1.91 bits per heavy atom. The number of hydrogen-bond donors (Lipinski definition) is 2. The van der Waals surface area contributed by atoms with Crippen molar-refractivity contribution in [2.75, 3.05) is 11.1 Å². The van der Waals surface area contributed by atoms with Gasteiger partial charge in [0.1, 0.15) is 5.82 Å². The second-order valence-corrected chi connectivity index (χ2v) is 9.37. The molecule has 34 heavy (non-hydrogen) atoms. The maximum absolute atomic E-state index is 13.5.